The number of hydrogen-bond donors (Lipinski definition) is 2. The second kappa shape index (κ2) is 9.62. The normalized spacial score (nSPS) is 29.8. The van der Waals surface area contributed by atoms with Crippen molar-refractivity contribution in [1.29, 1.82) is 0 Å². The van der Waals surface area contributed by atoms with Crippen LogP contribution in [0.25, 0.3) is 0 Å². The molecule has 0 radical (unpaired) electrons. The molecule has 1 unspecified atom stereocenters. The van der Waals surface area contributed by atoms with Gasteiger partial charge in [0.2, 0.25) is 5.91 Å². The summed E-state index contributed by atoms with van der Waals surface area (Å²) in [5.41, 5.74) is 0. The molecule has 2 aliphatic rings. The second-order valence-corrected chi connectivity index (χ2v) is 6.41. The Balaban J connectivity index is 0.00000200. The highest BCUT2D eigenvalue weighted by atomic mass is 35.5. The van der Waals surface area contributed by atoms with Crippen molar-refractivity contribution in [1.82, 2.24) is 10.6 Å². The average molecular weight is 303 g/mol. The molecule has 118 valence electrons. The predicted octanol–water partition coefficient (Wildman–Crippen LogP) is 3.42. The third kappa shape index (κ3) is 6.01. The van der Waals surface area contributed by atoms with Crippen LogP contribution in [0.4, 0.5) is 0 Å². The summed E-state index contributed by atoms with van der Waals surface area (Å²) in [5.74, 6) is 1.19. The first-order valence-corrected chi connectivity index (χ1v) is 8.30. The van der Waals surface area contributed by atoms with E-state index in [1.165, 1.54) is 51.4 Å². The van der Waals surface area contributed by atoms with Gasteiger partial charge in [-0.05, 0) is 57.4 Å². The van der Waals surface area contributed by atoms with Gasteiger partial charge >= 0.3 is 0 Å². The maximum absolute atomic E-state index is 11.9. The van der Waals surface area contributed by atoms with E-state index >= 15 is 0 Å². The molecule has 4 heteroatoms. The highest BCUT2D eigenvalue weighted by Gasteiger charge is 2.22. The largest absolute Gasteiger partial charge is 0.353 e. The highest BCUT2D eigenvalue weighted by molar-refractivity contribution is 5.85. The summed E-state index contributed by atoms with van der Waals surface area (Å²) in [6.07, 6.45) is 11.9. The summed E-state index contributed by atoms with van der Waals surface area (Å²) in [6, 6.07) is 1.04. The SMILES string of the molecule is CCCC1CCC(NC(=O)CCC2CCCN2)CC1.Cl. The molecule has 20 heavy (non-hydrogen) atoms. The molecular formula is C16H31ClN2O. The molecule has 1 aliphatic heterocycles. The lowest BCUT2D eigenvalue weighted by molar-refractivity contribution is -0.122. The Morgan fingerprint density at radius 2 is 1.90 bits per heavy atom. The van der Waals surface area contributed by atoms with Crippen LogP contribution in [0, 0.1) is 5.92 Å². The van der Waals surface area contributed by atoms with Gasteiger partial charge in [-0.1, -0.05) is 19.8 Å². The Morgan fingerprint density at radius 3 is 2.50 bits per heavy atom. The summed E-state index contributed by atoms with van der Waals surface area (Å²) in [6.45, 7) is 3.40. The first-order valence-electron chi connectivity index (χ1n) is 8.30. The Bertz CT molecular complexity index is 272. The number of carbonyl (C=O) groups is 1. The van der Waals surface area contributed by atoms with Crippen molar-refractivity contribution in [2.75, 3.05) is 6.54 Å². The lowest BCUT2D eigenvalue weighted by Crippen LogP contribution is -2.38. The number of halogens is 1. The molecular weight excluding hydrogens is 272 g/mol. The van der Waals surface area contributed by atoms with Crippen LogP contribution in [0.1, 0.15) is 71.1 Å². The third-order valence-corrected chi connectivity index (χ3v) is 4.79. The van der Waals surface area contributed by atoms with Gasteiger partial charge in [0.05, 0.1) is 0 Å². The minimum absolute atomic E-state index is 0. The van der Waals surface area contributed by atoms with E-state index in [0.717, 1.165) is 18.9 Å². The van der Waals surface area contributed by atoms with E-state index in [0.29, 0.717) is 18.5 Å². The van der Waals surface area contributed by atoms with Crippen molar-refractivity contribution in [3.63, 3.8) is 0 Å². The molecule has 2 N–H and O–H groups in total. The van der Waals surface area contributed by atoms with Gasteiger partial charge in [0.25, 0.3) is 0 Å². The molecule has 1 heterocycles. The van der Waals surface area contributed by atoms with Gasteiger partial charge in [0.1, 0.15) is 0 Å². The van der Waals surface area contributed by atoms with E-state index in [9.17, 15) is 4.79 Å². The van der Waals surface area contributed by atoms with Crippen molar-refractivity contribution in [2.24, 2.45) is 5.92 Å². The third-order valence-electron chi connectivity index (χ3n) is 4.79. The van der Waals surface area contributed by atoms with Gasteiger partial charge in [0.15, 0.2) is 0 Å². The first kappa shape index (κ1) is 17.8. The average Bonchev–Trinajstić information content (AvgIpc) is 2.92. The number of carbonyl (C=O) groups excluding carboxylic acids is 1. The zero-order valence-corrected chi connectivity index (χ0v) is 13.6. The lowest BCUT2D eigenvalue weighted by atomic mass is 9.83. The monoisotopic (exact) mass is 302 g/mol. The molecule has 3 nitrogen and oxygen atoms in total. The molecule has 0 bridgehead atoms. The summed E-state index contributed by atoms with van der Waals surface area (Å²) >= 11 is 0. The Hall–Kier alpha value is -0.280. The van der Waals surface area contributed by atoms with Gasteiger partial charge in [-0.15, -0.1) is 12.4 Å². The van der Waals surface area contributed by atoms with Crippen LogP contribution in [-0.4, -0.2) is 24.5 Å². The van der Waals surface area contributed by atoms with Crippen molar-refractivity contribution < 1.29 is 4.79 Å². The van der Waals surface area contributed by atoms with Crippen LogP contribution in [-0.2, 0) is 4.79 Å². The van der Waals surface area contributed by atoms with Crippen LogP contribution >= 0.6 is 12.4 Å². The number of nitrogens with one attached hydrogen (secondary N) is 2. The predicted molar refractivity (Wildman–Crippen MR) is 86.3 cm³/mol. The zero-order valence-electron chi connectivity index (χ0n) is 12.8. The van der Waals surface area contributed by atoms with Crippen LogP contribution in [0.5, 0.6) is 0 Å². The van der Waals surface area contributed by atoms with Crippen LogP contribution in [0.15, 0.2) is 0 Å². The molecule has 0 aromatic carbocycles. The maximum atomic E-state index is 11.9. The fourth-order valence-corrected chi connectivity index (χ4v) is 3.61. The summed E-state index contributed by atoms with van der Waals surface area (Å²) in [7, 11) is 0. The van der Waals surface area contributed by atoms with E-state index in [1.54, 1.807) is 0 Å². The fraction of sp³-hybridized carbons (Fsp3) is 0.938. The fourth-order valence-electron chi connectivity index (χ4n) is 3.61. The molecule has 0 spiro atoms. The van der Waals surface area contributed by atoms with Crippen LogP contribution in [0.3, 0.4) is 0 Å². The number of hydrogen-bond acceptors (Lipinski definition) is 2. The summed E-state index contributed by atoms with van der Waals surface area (Å²) < 4.78 is 0. The van der Waals surface area contributed by atoms with Gasteiger partial charge < -0.3 is 10.6 Å². The zero-order chi connectivity index (χ0) is 13.5. The van der Waals surface area contributed by atoms with E-state index in [1.807, 2.05) is 0 Å². The lowest BCUT2D eigenvalue weighted by Gasteiger charge is -2.29. The van der Waals surface area contributed by atoms with Crippen molar-refractivity contribution in [3.05, 3.63) is 0 Å². The van der Waals surface area contributed by atoms with Gasteiger partial charge in [-0.3, -0.25) is 4.79 Å². The van der Waals surface area contributed by atoms with E-state index in [4.69, 9.17) is 0 Å². The van der Waals surface area contributed by atoms with Crippen LogP contribution < -0.4 is 10.6 Å². The van der Waals surface area contributed by atoms with Crippen molar-refractivity contribution in [3.8, 4) is 0 Å². The van der Waals surface area contributed by atoms with Gasteiger partial charge in [-0.2, -0.15) is 0 Å². The first-order chi connectivity index (χ1) is 9.28. The standard InChI is InChI=1S/C16H30N2O.ClH/c1-2-4-13-6-8-15(9-7-13)18-16(19)11-10-14-5-3-12-17-14;/h13-15,17H,2-12H2,1H3,(H,18,19);1H. The molecule has 1 saturated heterocycles. The minimum Gasteiger partial charge on any atom is -0.353 e. The number of rotatable bonds is 6. The van der Waals surface area contributed by atoms with Gasteiger partial charge in [0, 0.05) is 18.5 Å². The highest BCUT2D eigenvalue weighted by Crippen LogP contribution is 2.27. The van der Waals surface area contributed by atoms with Gasteiger partial charge in [-0.25, -0.2) is 0 Å². The Morgan fingerprint density at radius 1 is 1.15 bits per heavy atom. The van der Waals surface area contributed by atoms with Crippen molar-refractivity contribution >= 4 is 18.3 Å². The quantitative estimate of drug-likeness (QED) is 0.789. The molecule has 1 aliphatic carbocycles. The van der Waals surface area contributed by atoms with Crippen LogP contribution in [0.2, 0.25) is 0 Å². The Labute approximate surface area is 130 Å². The van der Waals surface area contributed by atoms with E-state index in [-0.39, 0.29) is 18.3 Å². The smallest absolute Gasteiger partial charge is 0.220 e. The summed E-state index contributed by atoms with van der Waals surface area (Å²) in [5, 5.41) is 6.69. The second-order valence-electron chi connectivity index (χ2n) is 6.41. The Kier molecular flexibility index (Phi) is 8.55. The van der Waals surface area contributed by atoms with E-state index < -0.39 is 0 Å². The molecule has 0 aromatic rings. The molecule has 0 aromatic heterocycles. The number of amides is 1. The molecule has 1 amide bonds. The molecule has 1 atom stereocenters. The molecule has 1 saturated carbocycles. The molecule has 2 rings (SSSR count). The maximum Gasteiger partial charge on any atom is 0.220 e. The van der Waals surface area contributed by atoms with Crippen molar-refractivity contribution in [2.45, 2.75) is 83.2 Å². The van der Waals surface area contributed by atoms with E-state index in [2.05, 4.69) is 17.6 Å². The topological polar surface area (TPSA) is 41.1 Å². The molecule has 2 fully saturated rings. The summed E-state index contributed by atoms with van der Waals surface area (Å²) in [4.78, 5) is 11.9. The minimum atomic E-state index is 0.